The maximum Gasteiger partial charge on any atom is 0.332 e. The third kappa shape index (κ3) is 7.60. The third-order valence-electron chi connectivity index (χ3n) is 6.67. The molecule has 1 N–H and O–H groups in total. The fraction of sp³-hybridized carbons (Fsp3) is 0.323. The van der Waals surface area contributed by atoms with Crippen molar-refractivity contribution in [3.63, 3.8) is 0 Å². The molecule has 1 aliphatic heterocycles. The molecule has 3 aromatic rings. The highest BCUT2D eigenvalue weighted by molar-refractivity contribution is 6.30. The van der Waals surface area contributed by atoms with Gasteiger partial charge in [0.05, 0.1) is 18.7 Å². The Bertz CT molecular complexity index is 1250. The number of carbonyl (C=O) groups excluding carboxylic acids is 3. The molecule has 0 unspecified atom stereocenters. The Hall–Kier alpha value is -3.84. The van der Waals surface area contributed by atoms with Crippen molar-refractivity contribution in [1.29, 1.82) is 0 Å². The van der Waals surface area contributed by atoms with Crippen LogP contribution >= 0.6 is 11.6 Å². The highest BCUT2D eigenvalue weighted by Crippen LogP contribution is 2.27. The maximum atomic E-state index is 13.4. The molecule has 4 rings (SSSR count). The number of halogens is 1. The Morgan fingerprint density at radius 1 is 0.923 bits per heavy atom. The van der Waals surface area contributed by atoms with E-state index in [0.717, 1.165) is 29.1 Å². The molecular weight excluding hydrogens is 514 g/mol. The van der Waals surface area contributed by atoms with E-state index in [0.29, 0.717) is 29.4 Å². The number of nitrogens with zero attached hydrogens (tertiary/aromatic N) is 2. The fourth-order valence-corrected chi connectivity index (χ4v) is 4.67. The molecule has 1 aliphatic rings. The van der Waals surface area contributed by atoms with Crippen LogP contribution in [0.25, 0.3) is 0 Å². The highest BCUT2D eigenvalue weighted by atomic mass is 35.5. The van der Waals surface area contributed by atoms with E-state index in [1.54, 1.807) is 48.5 Å². The minimum absolute atomic E-state index is 0.149. The van der Waals surface area contributed by atoms with Gasteiger partial charge >= 0.3 is 6.03 Å². The summed E-state index contributed by atoms with van der Waals surface area (Å²) < 4.78 is 5.77. The first kappa shape index (κ1) is 28.2. The van der Waals surface area contributed by atoms with Gasteiger partial charge in [0.25, 0.3) is 5.91 Å². The van der Waals surface area contributed by atoms with E-state index >= 15 is 0 Å². The normalized spacial score (nSPS) is 15.1. The zero-order valence-corrected chi connectivity index (χ0v) is 22.9. The zero-order chi connectivity index (χ0) is 27.6. The topological polar surface area (TPSA) is 79.0 Å². The van der Waals surface area contributed by atoms with E-state index in [4.69, 9.17) is 16.3 Å². The molecule has 0 spiro atoms. The van der Waals surface area contributed by atoms with Gasteiger partial charge in [0.2, 0.25) is 5.91 Å². The summed E-state index contributed by atoms with van der Waals surface area (Å²) in [6.45, 7) is 3.12. The van der Waals surface area contributed by atoms with Gasteiger partial charge in [-0.2, -0.15) is 0 Å². The number of hydrogen-bond acceptors (Lipinski definition) is 4. The molecule has 3 aromatic carbocycles. The quantitative estimate of drug-likeness (QED) is 0.190. The van der Waals surface area contributed by atoms with Crippen LogP contribution in [0.4, 0.5) is 16.2 Å². The Morgan fingerprint density at radius 2 is 1.64 bits per heavy atom. The predicted molar refractivity (Wildman–Crippen MR) is 154 cm³/mol. The van der Waals surface area contributed by atoms with Crippen molar-refractivity contribution in [2.45, 2.75) is 51.5 Å². The van der Waals surface area contributed by atoms with E-state index in [1.165, 1.54) is 17.7 Å². The van der Waals surface area contributed by atoms with Crippen LogP contribution in [0.3, 0.4) is 0 Å². The lowest BCUT2D eigenvalue weighted by Crippen LogP contribution is -2.39. The van der Waals surface area contributed by atoms with Gasteiger partial charge in [-0.05, 0) is 66.9 Å². The average molecular weight is 548 g/mol. The molecule has 39 heavy (non-hydrogen) atoms. The smallest absolute Gasteiger partial charge is 0.332 e. The largest absolute Gasteiger partial charge is 0.494 e. The van der Waals surface area contributed by atoms with E-state index < -0.39 is 18.0 Å². The maximum absolute atomic E-state index is 13.4. The van der Waals surface area contributed by atoms with E-state index in [-0.39, 0.29) is 18.9 Å². The zero-order valence-electron chi connectivity index (χ0n) is 22.1. The predicted octanol–water partition coefficient (Wildman–Crippen LogP) is 6.71. The summed E-state index contributed by atoms with van der Waals surface area (Å²) in [5.41, 5.74) is 2.06. The molecule has 204 valence electrons. The van der Waals surface area contributed by atoms with Crippen LogP contribution in [-0.4, -0.2) is 41.9 Å². The highest BCUT2D eigenvalue weighted by Gasteiger charge is 2.46. The monoisotopic (exact) mass is 547 g/mol. The van der Waals surface area contributed by atoms with Crippen molar-refractivity contribution in [2.24, 2.45) is 0 Å². The number of unbranched alkanes of at least 4 members (excludes halogenated alkanes) is 3. The summed E-state index contributed by atoms with van der Waals surface area (Å²) >= 11 is 6.00. The number of anilines is 2. The van der Waals surface area contributed by atoms with Gasteiger partial charge in [-0.1, -0.05) is 68.1 Å². The number of ether oxygens (including phenoxy) is 1. The Morgan fingerprint density at radius 3 is 2.33 bits per heavy atom. The van der Waals surface area contributed by atoms with Crippen LogP contribution in [0.2, 0.25) is 5.02 Å². The van der Waals surface area contributed by atoms with Crippen molar-refractivity contribution < 1.29 is 19.1 Å². The molecule has 1 heterocycles. The molecule has 8 heteroatoms. The summed E-state index contributed by atoms with van der Waals surface area (Å²) in [7, 11) is 0. The SMILES string of the molecule is CCCCCCOc1ccc(NC(=O)C[C@@H]2C(=O)N(c3ccccc3)C(=O)N2CCc2ccc(Cl)cc2)cc1. The molecule has 0 aromatic heterocycles. The lowest BCUT2D eigenvalue weighted by Gasteiger charge is -2.21. The van der Waals surface area contributed by atoms with Crippen molar-refractivity contribution in [2.75, 3.05) is 23.4 Å². The number of imide groups is 1. The lowest BCUT2D eigenvalue weighted by molar-refractivity contribution is -0.124. The number of benzene rings is 3. The van der Waals surface area contributed by atoms with Crippen molar-refractivity contribution in [3.05, 3.63) is 89.4 Å². The number of urea groups is 1. The van der Waals surface area contributed by atoms with Crippen molar-refractivity contribution in [1.82, 2.24) is 4.90 Å². The van der Waals surface area contributed by atoms with Crippen LogP contribution in [0, 0.1) is 0 Å². The molecule has 7 nitrogen and oxygen atoms in total. The van der Waals surface area contributed by atoms with Gasteiger partial charge in [-0.3, -0.25) is 9.59 Å². The second-order valence-corrected chi connectivity index (χ2v) is 10.00. The van der Waals surface area contributed by atoms with Crippen LogP contribution in [0.5, 0.6) is 5.75 Å². The summed E-state index contributed by atoms with van der Waals surface area (Å²) in [5, 5.41) is 3.48. The van der Waals surface area contributed by atoms with Crippen LogP contribution in [-0.2, 0) is 16.0 Å². The number of hydrogen-bond donors (Lipinski definition) is 1. The number of rotatable bonds is 13. The molecule has 1 fully saturated rings. The second-order valence-electron chi connectivity index (χ2n) is 9.56. The molecule has 0 aliphatic carbocycles. The van der Waals surface area contributed by atoms with Gasteiger partial charge in [-0.25, -0.2) is 9.69 Å². The fourth-order valence-electron chi connectivity index (χ4n) is 4.54. The van der Waals surface area contributed by atoms with E-state index in [9.17, 15) is 14.4 Å². The van der Waals surface area contributed by atoms with E-state index in [2.05, 4.69) is 12.2 Å². The van der Waals surface area contributed by atoms with Gasteiger partial charge in [0, 0.05) is 17.3 Å². The molecule has 4 amide bonds. The van der Waals surface area contributed by atoms with Gasteiger partial charge < -0.3 is 15.0 Å². The lowest BCUT2D eigenvalue weighted by atomic mass is 10.1. The third-order valence-corrected chi connectivity index (χ3v) is 6.92. The second kappa shape index (κ2) is 13.8. The van der Waals surface area contributed by atoms with Crippen molar-refractivity contribution >= 4 is 40.8 Å². The molecule has 0 saturated carbocycles. The van der Waals surface area contributed by atoms with Crippen LogP contribution in [0.1, 0.15) is 44.6 Å². The molecular formula is C31H34ClN3O4. The number of carbonyl (C=O) groups is 3. The summed E-state index contributed by atoms with van der Waals surface area (Å²) in [4.78, 5) is 42.5. The van der Waals surface area contributed by atoms with Crippen LogP contribution in [0.15, 0.2) is 78.9 Å². The first-order valence-corrected chi connectivity index (χ1v) is 13.8. The number of nitrogens with one attached hydrogen (secondary N) is 1. The van der Waals surface area contributed by atoms with Gasteiger partial charge in [0.1, 0.15) is 11.8 Å². The summed E-state index contributed by atoms with van der Waals surface area (Å²) in [6, 6.07) is 22.0. The number of para-hydroxylation sites is 1. The van der Waals surface area contributed by atoms with Crippen molar-refractivity contribution in [3.8, 4) is 5.75 Å². The average Bonchev–Trinajstić information content (AvgIpc) is 3.17. The Kier molecular flexibility index (Phi) is 9.97. The van der Waals surface area contributed by atoms with E-state index in [1.807, 2.05) is 30.3 Å². The standard InChI is InChI=1S/C31H34ClN3O4/c1-2-3-4-8-21-39-27-17-15-25(16-18-27)33-29(36)22-28-30(37)35(26-9-6-5-7-10-26)31(38)34(28)20-19-23-11-13-24(32)14-12-23/h5-7,9-18,28H,2-4,8,19-22H2,1H3,(H,33,36)/t28-/m1/s1. The van der Waals surface area contributed by atoms with Gasteiger partial charge in [-0.15, -0.1) is 0 Å². The van der Waals surface area contributed by atoms with Gasteiger partial charge in [0.15, 0.2) is 0 Å². The first-order valence-electron chi connectivity index (χ1n) is 13.4. The number of amides is 4. The minimum Gasteiger partial charge on any atom is -0.494 e. The molecule has 0 radical (unpaired) electrons. The minimum atomic E-state index is -0.907. The molecule has 1 saturated heterocycles. The Balaban J connectivity index is 1.41. The molecule has 1 atom stereocenters. The Labute approximate surface area is 234 Å². The summed E-state index contributed by atoms with van der Waals surface area (Å²) in [5.74, 6) is -0.0157. The molecule has 0 bridgehead atoms. The van der Waals surface area contributed by atoms with Crippen LogP contribution < -0.4 is 15.0 Å². The first-order chi connectivity index (χ1) is 19.0. The summed E-state index contributed by atoms with van der Waals surface area (Å²) in [6.07, 6.45) is 4.91.